The maximum absolute atomic E-state index is 5.81. The highest BCUT2D eigenvalue weighted by atomic mass is 16.5. The molecule has 152 valence electrons. The molecule has 4 heteroatoms. The first-order valence-corrected chi connectivity index (χ1v) is 10.3. The second-order valence-electron chi connectivity index (χ2n) is 7.18. The molecular formula is C27H22N2O2. The van der Waals surface area contributed by atoms with Crippen LogP contribution in [0.15, 0.2) is 103 Å². The summed E-state index contributed by atoms with van der Waals surface area (Å²) >= 11 is 0. The average molecular weight is 406 g/mol. The first kappa shape index (κ1) is 18.9. The van der Waals surface area contributed by atoms with Crippen LogP contribution in [-0.2, 0) is 0 Å². The molecule has 0 unspecified atom stereocenters. The standard InChI is InChI=1S/C27H22N2O2/c1-2-8-21(9-3-1)30-18-19-31-22-16-14-20(15-17-22)28-27-23-10-4-6-12-25(23)29-26-13-7-5-11-24(26)27/h1-17H,18-19H2,(H,28,29). The summed E-state index contributed by atoms with van der Waals surface area (Å²) < 4.78 is 11.5. The number of hydrogen-bond acceptors (Lipinski definition) is 4. The van der Waals surface area contributed by atoms with Crippen LogP contribution in [0.4, 0.5) is 11.4 Å². The molecule has 0 radical (unpaired) electrons. The SMILES string of the molecule is c1ccc(OCCOc2ccc(Nc3c4ccccc4nc4ccccc34)cc2)cc1. The molecule has 0 aliphatic carbocycles. The van der Waals surface area contributed by atoms with Gasteiger partial charge in [-0.1, -0.05) is 54.6 Å². The number of fused-ring (bicyclic) bond motifs is 2. The van der Waals surface area contributed by atoms with Crippen LogP contribution < -0.4 is 14.8 Å². The van der Waals surface area contributed by atoms with E-state index in [1.807, 2.05) is 91.0 Å². The number of rotatable bonds is 7. The molecule has 0 bridgehead atoms. The van der Waals surface area contributed by atoms with Gasteiger partial charge in [-0.2, -0.15) is 0 Å². The summed E-state index contributed by atoms with van der Waals surface area (Å²) in [5.41, 5.74) is 4.00. The zero-order chi connectivity index (χ0) is 20.9. The van der Waals surface area contributed by atoms with E-state index < -0.39 is 0 Å². The number of nitrogens with one attached hydrogen (secondary N) is 1. The first-order chi connectivity index (χ1) is 15.4. The van der Waals surface area contributed by atoms with Crippen LogP contribution in [-0.4, -0.2) is 18.2 Å². The van der Waals surface area contributed by atoms with Gasteiger partial charge in [0.05, 0.1) is 16.7 Å². The van der Waals surface area contributed by atoms with E-state index in [4.69, 9.17) is 14.5 Å². The Bertz CT molecular complexity index is 1250. The molecule has 5 rings (SSSR count). The third-order valence-electron chi connectivity index (χ3n) is 5.08. The lowest BCUT2D eigenvalue weighted by Gasteiger charge is -2.14. The van der Waals surface area contributed by atoms with Crippen molar-refractivity contribution in [1.82, 2.24) is 4.98 Å². The molecule has 0 aliphatic rings. The van der Waals surface area contributed by atoms with E-state index in [0.29, 0.717) is 13.2 Å². The second kappa shape index (κ2) is 8.76. The lowest BCUT2D eigenvalue weighted by atomic mass is 10.1. The molecule has 0 atom stereocenters. The molecule has 1 N–H and O–H groups in total. The molecule has 5 aromatic rings. The van der Waals surface area contributed by atoms with Gasteiger partial charge in [0.2, 0.25) is 0 Å². The van der Waals surface area contributed by atoms with Gasteiger partial charge in [-0.25, -0.2) is 4.98 Å². The van der Waals surface area contributed by atoms with Crippen LogP contribution in [0.1, 0.15) is 0 Å². The summed E-state index contributed by atoms with van der Waals surface area (Å²) in [4.78, 5) is 4.79. The highest BCUT2D eigenvalue weighted by Crippen LogP contribution is 2.33. The molecule has 0 amide bonds. The van der Waals surface area contributed by atoms with E-state index in [1.54, 1.807) is 0 Å². The molecular weight excluding hydrogens is 384 g/mol. The van der Waals surface area contributed by atoms with Gasteiger partial charge in [0.25, 0.3) is 0 Å². The third-order valence-corrected chi connectivity index (χ3v) is 5.08. The predicted octanol–water partition coefficient (Wildman–Crippen LogP) is 6.59. The van der Waals surface area contributed by atoms with Crippen LogP contribution in [0.3, 0.4) is 0 Å². The van der Waals surface area contributed by atoms with E-state index in [9.17, 15) is 0 Å². The summed E-state index contributed by atoms with van der Waals surface area (Å²) in [6, 6.07) is 34.1. The molecule has 0 spiro atoms. The van der Waals surface area contributed by atoms with Gasteiger partial charge >= 0.3 is 0 Å². The number of ether oxygens (including phenoxy) is 2. The lowest BCUT2D eigenvalue weighted by Crippen LogP contribution is -2.08. The number of pyridine rings is 1. The predicted molar refractivity (Wildman–Crippen MR) is 126 cm³/mol. The Morgan fingerprint density at radius 2 is 1.06 bits per heavy atom. The Kier molecular flexibility index (Phi) is 5.35. The fraction of sp³-hybridized carbons (Fsp3) is 0.0741. The van der Waals surface area contributed by atoms with Crippen molar-refractivity contribution in [3.8, 4) is 11.5 Å². The Labute approximate surface area is 181 Å². The maximum atomic E-state index is 5.81. The van der Waals surface area contributed by atoms with Gasteiger partial charge in [0.15, 0.2) is 0 Å². The number of aromatic nitrogens is 1. The zero-order valence-electron chi connectivity index (χ0n) is 17.0. The quantitative estimate of drug-likeness (QED) is 0.245. The number of nitrogens with zero attached hydrogens (tertiary/aromatic N) is 1. The fourth-order valence-corrected chi connectivity index (χ4v) is 3.59. The Balaban J connectivity index is 1.30. The maximum Gasteiger partial charge on any atom is 0.122 e. The smallest absolute Gasteiger partial charge is 0.122 e. The number of hydrogen-bond donors (Lipinski definition) is 1. The summed E-state index contributed by atoms with van der Waals surface area (Å²) in [6.07, 6.45) is 0. The molecule has 0 saturated heterocycles. The van der Waals surface area contributed by atoms with Gasteiger partial charge < -0.3 is 14.8 Å². The summed E-state index contributed by atoms with van der Waals surface area (Å²) in [6.45, 7) is 0.986. The molecule has 1 aromatic heterocycles. The van der Waals surface area contributed by atoms with Crippen molar-refractivity contribution < 1.29 is 9.47 Å². The van der Waals surface area contributed by atoms with Crippen LogP contribution >= 0.6 is 0 Å². The van der Waals surface area contributed by atoms with E-state index in [1.165, 1.54) is 0 Å². The highest BCUT2D eigenvalue weighted by molar-refractivity contribution is 6.08. The van der Waals surface area contributed by atoms with Crippen LogP contribution in [0, 0.1) is 0 Å². The number of benzene rings is 4. The Hall–Kier alpha value is -4.05. The second-order valence-corrected chi connectivity index (χ2v) is 7.18. The van der Waals surface area contributed by atoms with Crippen molar-refractivity contribution in [2.75, 3.05) is 18.5 Å². The van der Waals surface area contributed by atoms with Crippen molar-refractivity contribution in [3.63, 3.8) is 0 Å². The molecule has 4 nitrogen and oxygen atoms in total. The van der Waals surface area contributed by atoms with Gasteiger partial charge in [0.1, 0.15) is 24.7 Å². The zero-order valence-corrected chi connectivity index (χ0v) is 17.0. The van der Waals surface area contributed by atoms with Gasteiger partial charge in [-0.15, -0.1) is 0 Å². The van der Waals surface area contributed by atoms with Crippen molar-refractivity contribution in [1.29, 1.82) is 0 Å². The topological polar surface area (TPSA) is 43.4 Å². The number of anilines is 2. The van der Waals surface area contributed by atoms with E-state index in [-0.39, 0.29) is 0 Å². The summed E-state index contributed by atoms with van der Waals surface area (Å²) in [5, 5.41) is 5.78. The summed E-state index contributed by atoms with van der Waals surface area (Å²) in [5.74, 6) is 1.66. The monoisotopic (exact) mass is 406 g/mol. The number of para-hydroxylation sites is 3. The van der Waals surface area contributed by atoms with Crippen LogP contribution in [0.2, 0.25) is 0 Å². The van der Waals surface area contributed by atoms with Gasteiger partial charge in [-0.3, -0.25) is 0 Å². The van der Waals surface area contributed by atoms with E-state index >= 15 is 0 Å². The molecule has 0 fully saturated rings. The largest absolute Gasteiger partial charge is 0.490 e. The van der Waals surface area contributed by atoms with E-state index in [2.05, 4.69) is 17.4 Å². The minimum Gasteiger partial charge on any atom is -0.490 e. The van der Waals surface area contributed by atoms with Crippen molar-refractivity contribution in [2.45, 2.75) is 0 Å². The van der Waals surface area contributed by atoms with Crippen molar-refractivity contribution in [3.05, 3.63) is 103 Å². The highest BCUT2D eigenvalue weighted by Gasteiger charge is 2.09. The molecule has 4 aromatic carbocycles. The summed E-state index contributed by atoms with van der Waals surface area (Å²) in [7, 11) is 0. The Morgan fingerprint density at radius 3 is 1.68 bits per heavy atom. The van der Waals surface area contributed by atoms with Gasteiger partial charge in [0, 0.05) is 16.5 Å². The van der Waals surface area contributed by atoms with Crippen LogP contribution in [0.25, 0.3) is 21.8 Å². The lowest BCUT2D eigenvalue weighted by molar-refractivity contribution is 0.217. The average Bonchev–Trinajstić information content (AvgIpc) is 2.83. The minimum absolute atomic E-state index is 0.487. The van der Waals surface area contributed by atoms with Gasteiger partial charge in [-0.05, 0) is 48.5 Å². The fourth-order valence-electron chi connectivity index (χ4n) is 3.59. The van der Waals surface area contributed by atoms with E-state index in [0.717, 1.165) is 44.7 Å². The molecule has 0 saturated carbocycles. The minimum atomic E-state index is 0.487. The van der Waals surface area contributed by atoms with Crippen molar-refractivity contribution >= 4 is 33.2 Å². The normalized spacial score (nSPS) is 10.8. The molecule has 1 heterocycles. The third kappa shape index (κ3) is 4.28. The van der Waals surface area contributed by atoms with Crippen LogP contribution in [0.5, 0.6) is 11.5 Å². The Morgan fingerprint density at radius 1 is 0.548 bits per heavy atom. The van der Waals surface area contributed by atoms with Crippen molar-refractivity contribution in [2.24, 2.45) is 0 Å². The molecule has 31 heavy (non-hydrogen) atoms. The molecule has 0 aliphatic heterocycles. The first-order valence-electron chi connectivity index (χ1n) is 10.3.